The number of carbonyl (C=O) groups excluding carboxylic acids is 3. The van der Waals surface area contributed by atoms with Crippen molar-refractivity contribution < 1.29 is 19.1 Å². The first kappa shape index (κ1) is 18.1. The second-order valence-corrected chi connectivity index (χ2v) is 8.11. The molecule has 0 aromatic rings. The Bertz CT molecular complexity index is 766. The Labute approximate surface area is 158 Å². The monoisotopic (exact) mass is 371 g/mol. The molecule has 3 amide bonds. The summed E-state index contributed by atoms with van der Waals surface area (Å²) < 4.78 is 6.29. The maximum atomic E-state index is 13.2. The van der Waals surface area contributed by atoms with Gasteiger partial charge < -0.3 is 20.3 Å². The molecule has 2 N–H and O–H groups in total. The fourth-order valence-corrected chi connectivity index (χ4v) is 5.40. The minimum atomic E-state index is -1.15. The molecule has 27 heavy (non-hydrogen) atoms. The zero-order chi connectivity index (χ0) is 19.4. The van der Waals surface area contributed by atoms with Crippen molar-refractivity contribution in [2.45, 2.75) is 55.9 Å². The average molecular weight is 371 g/mol. The molecule has 2 saturated heterocycles. The number of amides is 3. The fourth-order valence-electron chi connectivity index (χ4n) is 5.40. The number of rotatable bonds is 4. The van der Waals surface area contributed by atoms with Crippen molar-refractivity contribution in [2.24, 2.45) is 11.8 Å². The van der Waals surface area contributed by atoms with Gasteiger partial charge in [0.2, 0.25) is 17.7 Å². The molecule has 0 radical (unpaired) electrons. The Morgan fingerprint density at radius 3 is 2.67 bits per heavy atom. The molecule has 0 aromatic carbocycles. The largest absolute Gasteiger partial charge is 0.359 e. The molecular weight excluding hydrogens is 346 g/mol. The standard InChI is InChI=1S/C20H25N3O4/c1-4-11-23-15(17(25)22-12-7-5-6-8-12)20-10-9-19(2,27-20)13(16(24)21-3)14(20)18(23)26/h1,9-10,12-15H,5-8,11H2,2-3H3,(H,21,24)(H,22,25)/t13-,14+,15-,19-,20+/m1/s1. The van der Waals surface area contributed by atoms with Crippen LogP contribution in [0.5, 0.6) is 0 Å². The molecule has 7 heteroatoms. The van der Waals surface area contributed by atoms with E-state index in [9.17, 15) is 14.4 Å². The maximum absolute atomic E-state index is 13.2. The second-order valence-electron chi connectivity index (χ2n) is 8.11. The summed E-state index contributed by atoms with van der Waals surface area (Å²) in [7, 11) is 1.54. The van der Waals surface area contributed by atoms with Crippen LogP contribution in [-0.2, 0) is 19.1 Å². The van der Waals surface area contributed by atoms with E-state index >= 15 is 0 Å². The van der Waals surface area contributed by atoms with Gasteiger partial charge in [-0.3, -0.25) is 14.4 Å². The highest BCUT2D eigenvalue weighted by atomic mass is 16.5. The predicted molar refractivity (Wildman–Crippen MR) is 97.1 cm³/mol. The van der Waals surface area contributed by atoms with E-state index in [1.54, 1.807) is 13.0 Å². The van der Waals surface area contributed by atoms with E-state index in [1.165, 1.54) is 11.9 Å². The molecule has 2 bridgehead atoms. The molecule has 0 aromatic heterocycles. The van der Waals surface area contributed by atoms with Crippen LogP contribution in [0.15, 0.2) is 12.2 Å². The Balaban J connectivity index is 1.73. The number of nitrogens with one attached hydrogen (secondary N) is 2. The van der Waals surface area contributed by atoms with Crippen LogP contribution in [0.25, 0.3) is 0 Å². The highest BCUT2D eigenvalue weighted by Crippen LogP contribution is 2.59. The van der Waals surface area contributed by atoms with Gasteiger partial charge in [-0.1, -0.05) is 30.9 Å². The quantitative estimate of drug-likeness (QED) is 0.536. The molecule has 1 spiro atoms. The van der Waals surface area contributed by atoms with Crippen LogP contribution in [-0.4, -0.2) is 59.5 Å². The Kier molecular flexibility index (Phi) is 4.08. The number of carbonyl (C=O) groups is 3. The first-order chi connectivity index (χ1) is 12.9. The van der Waals surface area contributed by atoms with Crippen LogP contribution < -0.4 is 10.6 Å². The predicted octanol–water partition coefficient (Wildman–Crippen LogP) is -0.0349. The van der Waals surface area contributed by atoms with Crippen molar-refractivity contribution in [1.29, 1.82) is 0 Å². The summed E-state index contributed by atoms with van der Waals surface area (Å²) in [6, 6.07) is -0.747. The summed E-state index contributed by atoms with van der Waals surface area (Å²) in [5, 5.41) is 5.71. The van der Waals surface area contributed by atoms with Crippen LogP contribution in [0.4, 0.5) is 0 Å². The van der Waals surface area contributed by atoms with Gasteiger partial charge in [-0.25, -0.2) is 0 Å². The molecule has 5 atom stereocenters. The second kappa shape index (κ2) is 6.10. The SMILES string of the molecule is C#CCN1C(=O)[C@@H]2[C@H](C(=O)NC)[C@@]3(C)C=C[C@@]2(O3)[C@H]1C(=O)NC1CCCC1. The summed E-state index contributed by atoms with van der Waals surface area (Å²) >= 11 is 0. The molecule has 4 rings (SSSR count). The van der Waals surface area contributed by atoms with Gasteiger partial charge in [0.25, 0.3) is 0 Å². The van der Waals surface area contributed by atoms with Gasteiger partial charge in [-0.15, -0.1) is 6.42 Å². The van der Waals surface area contributed by atoms with Crippen LogP contribution in [0, 0.1) is 24.2 Å². The molecule has 3 heterocycles. The first-order valence-corrected chi connectivity index (χ1v) is 9.54. The van der Waals surface area contributed by atoms with E-state index in [2.05, 4.69) is 16.6 Å². The fraction of sp³-hybridized carbons (Fsp3) is 0.650. The topological polar surface area (TPSA) is 87.7 Å². The minimum Gasteiger partial charge on any atom is -0.359 e. The van der Waals surface area contributed by atoms with E-state index in [-0.39, 0.29) is 30.3 Å². The molecule has 4 aliphatic rings. The van der Waals surface area contributed by atoms with E-state index in [0.29, 0.717) is 0 Å². The van der Waals surface area contributed by atoms with Crippen molar-refractivity contribution in [3.63, 3.8) is 0 Å². The molecule has 1 aliphatic carbocycles. The van der Waals surface area contributed by atoms with Gasteiger partial charge in [-0.2, -0.15) is 0 Å². The van der Waals surface area contributed by atoms with E-state index in [1.807, 2.05) is 6.08 Å². The van der Waals surface area contributed by atoms with Crippen molar-refractivity contribution in [3.05, 3.63) is 12.2 Å². The number of likely N-dealkylation sites (tertiary alicyclic amines) is 1. The molecule has 144 valence electrons. The highest BCUT2D eigenvalue weighted by Gasteiger charge is 2.76. The van der Waals surface area contributed by atoms with Gasteiger partial charge in [-0.05, 0) is 19.8 Å². The van der Waals surface area contributed by atoms with Crippen LogP contribution in [0.2, 0.25) is 0 Å². The van der Waals surface area contributed by atoms with Gasteiger partial charge in [0.05, 0.1) is 24.0 Å². The third-order valence-electron chi connectivity index (χ3n) is 6.54. The Morgan fingerprint density at radius 2 is 2.04 bits per heavy atom. The lowest BCUT2D eigenvalue weighted by Gasteiger charge is -2.32. The average Bonchev–Trinajstić information content (AvgIpc) is 3.35. The lowest BCUT2D eigenvalue weighted by Crippen LogP contribution is -2.56. The van der Waals surface area contributed by atoms with Crippen molar-refractivity contribution in [1.82, 2.24) is 15.5 Å². The highest BCUT2D eigenvalue weighted by molar-refractivity contribution is 6.00. The zero-order valence-electron chi connectivity index (χ0n) is 15.7. The Morgan fingerprint density at radius 1 is 1.33 bits per heavy atom. The van der Waals surface area contributed by atoms with Gasteiger partial charge in [0.15, 0.2) is 0 Å². The van der Waals surface area contributed by atoms with Crippen molar-refractivity contribution in [3.8, 4) is 12.3 Å². The first-order valence-electron chi connectivity index (χ1n) is 9.54. The maximum Gasteiger partial charge on any atom is 0.246 e. The van der Waals surface area contributed by atoms with Crippen molar-refractivity contribution in [2.75, 3.05) is 13.6 Å². The Hall–Kier alpha value is -2.33. The van der Waals surface area contributed by atoms with Crippen LogP contribution >= 0.6 is 0 Å². The molecule has 3 fully saturated rings. The number of ether oxygens (including phenoxy) is 1. The molecule has 0 unspecified atom stereocenters. The summed E-state index contributed by atoms with van der Waals surface area (Å²) in [5.74, 6) is 0.230. The number of hydrogen-bond donors (Lipinski definition) is 2. The van der Waals surface area contributed by atoms with Gasteiger partial charge in [0, 0.05) is 13.1 Å². The lowest BCUT2D eigenvalue weighted by molar-refractivity contribution is -0.144. The molecule has 3 aliphatic heterocycles. The normalized spacial score (nSPS) is 39.5. The van der Waals surface area contributed by atoms with Crippen molar-refractivity contribution >= 4 is 17.7 Å². The number of nitrogens with zero attached hydrogens (tertiary/aromatic N) is 1. The number of terminal acetylenes is 1. The smallest absolute Gasteiger partial charge is 0.246 e. The van der Waals surface area contributed by atoms with Crippen LogP contribution in [0.3, 0.4) is 0 Å². The molecular formula is C20H25N3O4. The van der Waals surface area contributed by atoms with E-state index in [0.717, 1.165) is 25.7 Å². The number of hydrogen-bond acceptors (Lipinski definition) is 4. The minimum absolute atomic E-state index is 0.00815. The number of fused-ring (bicyclic) bond motifs is 1. The molecule has 1 saturated carbocycles. The van der Waals surface area contributed by atoms with E-state index in [4.69, 9.17) is 11.2 Å². The summed E-state index contributed by atoms with van der Waals surface area (Å²) in [6.45, 7) is 1.80. The third kappa shape index (κ3) is 2.36. The summed E-state index contributed by atoms with van der Waals surface area (Å²) in [4.78, 5) is 40.4. The lowest BCUT2D eigenvalue weighted by atomic mass is 9.70. The molecule has 7 nitrogen and oxygen atoms in total. The zero-order valence-corrected chi connectivity index (χ0v) is 15.7. The summed E-state index contributed by atoms with van der Waals surface area (Å²) in [5.41, 5.74) is -2.06. The van der Waals surface area contributed by atoms with E-state index < -0.39 is 29.1 Å². The van der Waals surface area contributed by atoms with Gasteiger partial charge >= 0.3 is 0 Å². The summed E-state index contributed by atoms with van der Waals surface area (Å²) in [6.07, 6.45) is 13.1. The van der Waals surface area contributed by atoms with Gasteiger partial charge in [0.1, 0.15) is 11.6 Å². The van der Waals surface area contributed by atoms with Crippen LogP contribution in [0.1, 0.15) is 32.6 Å². The third-order valence-corrected chi connectivity index (χ3v) is 6.54.